The number of aryl methyl sites for hydroxylation is 2. The van der Waals surface area contributed by atoms with Gasteiger partial charge < -0.3 is 10.6 Å². The SMILES string of the molecule is Cc1ccc2c(C)c(C(=O)NCCc3ccc4c(c3)CNCC4)sc2n1. The van der Waals surface area contributed by atoms with Crippen LogP contribution >= 0.6 is 11.3 Å². The average Bonchev–Trinajstić information content (AvgIpc) is 2.97. The van der Waals surface area contributed by atoms with Crippen LogP contribution in [0.5, 0.6) is 0 Å². The van der Waals surface area contributed by atoms with Gasteiger partial charge in [0.25, 0.3) is 5.91 Å². The van der Waals surface area contributed by atoms with Crippen molar-refractivity contribution in [2.45, 2.75) is 33.2 Å². The number of hydrogen-bond donors (Lipinski definition) is 2. The standard InChI is InChI=1S/C21H23N3OS/c1-13-3-6-18-14(2)19(26-21(18)24-13)20(25)23-10-7-15-4-5-16-8-9-22-12-17(16)11-15/h3-6,11,22H,7-10,12H2,1-2H3,(H,23,25). The minimum atomic E-state index is 0.00257. The Labute approximate surface area is 157 Å². The molecule has 1 aromatic carbocycles. The van der Waals surface area contributed by atoms with Gasteiger partial charge in [0.2, 0.25) is 0 Å². The molecule has 1 amide bonds. The predicted octanol–water partition coefficient (Wildman–Crippen LogP) is 3.53. The summed E-state index contributed by atoms with van der Waals surface area (Å²) in [4.78, 5) is 18.9. The lowest BCUT2D eigenvalue weighted by Crippen LogP contribution is -2.26. The van der Waals surface area contributed by atoms with E-state index in [1.54, 1.807) is 0 Å². The van der Waals surface area contributed by atoms with Crippen LogP contribution in [0.4, 0.5) is 0 Å². The van der Waals surface area contributed by atoms with Crippen molar-refractivity contribution in [3.8, 4) is 0 Å². The molecule has 0 saturated heterocycles. The molecule has 3 aromatic rings. The molecule has 4 nitrogen and oxygen atoms in total. The van der Waals surface area contributed by atoms with E-state index in [0.717, 1.165) is 52.3 Å². The maximum absolute atomic E-state index is 12.6. The summed E-state index contributed by atoms with van der Waals surface area (Å²) < 4.78 is 0. The molecule has 0 bridgehead atoms. The maximum atomic E-state index is 12.6. The van der Waals surface area contributed by atoms with Crippen LogP contribution < -0.4 is 10.6 Å². The van der Waals surface area contributed by atoms with E-state index in [2.05, 4.69) is 39.9 Å². The van der Waals surface area contributed by atoms with E-state index in [0.29, 0.717) is 6.54 Å². The molecule has 0 atom stereocenters. The second-order valence-corrected chi connectivity index (χ2v) is 7.90. The molecule has 0 unspecified atom stereocenters. The Morgan fingerprint density at radius 3 is 3.00 bits per heavy atom. The number of amides is 1. The Morgan fingerprint density at radius 1 is 1.23 bits per heavy atom. The topological polar surface area (TPSA) is 54.0 Å². The number of pyridine rings is 1. The zero-order valence-electron chi connectivity index (χ0n) is 15.2. The molecule has 26 heavy (non-hydrogen) atoms. The average molecular weight is 366 g/mol. The van der Waals surface area contributed by atoms with Crippen molar-refractivity contribution in [1.29, 1.82) is 0 Å². The summed E-state index contributed by atoms with van der Waals surface area (Å²) in [5.74, 6) is 0.00257. The molecule has 0 saturated carbocycles. The first-order valence-corrected chi connectivity index (χ1v) is 9.90. The largest absolute Gasteiger partial charge is 0.351 e. The number of carbonyl (C=O) groups is 1. The van der Waals surface area contributed by atoms with Crippen molar-refractivity contribution in [3.05, 3.63) is 63.2 Å². The third-order valence-corrected chi connectivity index (χ3v) is 6.21. The Bertz CT molecular complexity index is 977. The van der Waals surface area contributed by atoms with Crippen LogP contribution in [0.25, 0.3) is 10.2 Å². The minimum Gasteiger partial charge on any atom is -0.351 e. The molecule has 4 rings (SSSR count). The number of thiophene rings is 1. The number of fused-ring (bicyclic) bond motifs is 2. The summed E-state index contributed by atoms with van der Waals surface area (Å²) in [6.07, 6.45) is 1.95. The van der Waals surface area contributed by atoms with E-state index in [9.17, 15) is 4.79 Å². The lowest BCUT2D eigenvalue weighted by atomic mass is 9.97. The van der Waals surface area contributed by atoms with Crippen LogP contribution in [0.15, 0.2) is 30.3 Å². The van der Waals surface area contributed by atoms with Crippen LogP contribution in [-0.4, -0.2) is 24.0 Å². The van der Waals surface area contributed by atoms with E-state index in [1.165, 1.54) is 28.0 Å². The lowest BCUT2D eigenvalue weighted by Gasteiger charge is -2.18. The van der Waals surface area contributed by atoms with Gasteiger partial charge in [-0.1, -0.05) is 18.2 Å². The maximum Gasteiger partial charge on any atom is 0.261 e. The highest BCUT2D eigenvalue weighted by Gasteiger charge is 2.16. The number of hydrogen-bond acceptors (Lipinski definition) is 4. The Kier molecular flexibility index (Phi) is 4.74. The number of nitrogens with zero attached hydrogens (tertiary/aromatic N) is 1. The first kappa shape index (κ1) is 17.2. The van der Waals surface area contributed by atoms with Crippen LogP contribution in [0.3, 0.4) is 0 Å². The molecule has 0 fully saturated rings. The van der Waals surface area contributed by atoms with Gasteiger partial charge in [0, 0.05) is 24.2 Å². The molecule has 5 heteroatoms. The molecular formula is C21H23N3OS. The second-order valence-electron chi connectivity index (χ2n) is 6.90. The molecule has 2 N–H and O–H groups in total. The van der Waals surface area contributed by atoms with Crippen LogP contribution in [0.2, 0.25) is 0 Å². The smallest absolute Gasteiger partial charge is 0.261 e. The molecule has 3 heterocycles. The third-order valence-electron chi connectivity index (χ3n) is 5.01. The van der Waals surface area contributed by atoms with Gasteiger partial charge in [0.15, 0.2) is 0 Å². The number of aromatic nitrogens is 1. The number of rotatable bonds is 4. The molecule has 0 aliphatic carbocycles. The number of benzene rings is 1. The highest BCUT2D eigenvalue weighted by molar-refractivity contribution is 7.20. The third kappa shape index (κ3) is 3.37. The summed E-state index contributed by atoms with van der Waals surface area (Å²) in [5, 5.41) is 7.56. The van der Waals surface area contributed by atoms with Crippen molar-refractivity contribution >= 4 is 27.5 Å². The minimum absolute atomic E-state index is 0.00257. The fourth-order valence-corrected chi connectivity index (χ4v) is 4.64. The van der Waals surface area contributed by atoms with Crippen LogP contribution in [0.1, 0.15) is 37.6 Å². The lowest BCUT2D eigenvalue weighted by molar-refractivity contribution is 0.0957. The molecular weight excluding hydrogens is 342 g/mol. The fourth-order valence-electron chi connectivity index (χ4n) is 3.50. The van der Waals surface area contributed by atoms with E-state index < -0.39 is 0 Å². The molecule has 2 aromatic heterocycles. The first-order chi connectivity index (χ1) is 12.6. The van der Waals surface area contributed by atoms with E-state index >= 15 is 0 Å². The Hall–Kier alpha value is -2.24. The summed E-state index contributed by atoms with van der Waals surface area (Å²) in [6, 6.07) is 10.7. The van der Waals surface area contributed by atoms with Gasteiger partial charge in [-0.15, -0.1) is 11.3 Å². The van der Waals surface area contributed by atoms with E-state index in [-0.39, 0.29) is 5.91 Å². The van der Waals surface area contributed by atoms with Crippen LogP contribution in [0, 0.1) is 13.8 Å². The highest BCUT2D eigenvalue weighted by atomic mass is 32.1. The zero-order chi connectivity index (χ0) is 18.1. The summed E-state index contributed by atoms with van der Waals surface area (Å²) in [7, 11) is 0. The van der Waals surface area contributed by atoms with Crippen LogP contribution in [-0.2, 0) is 19.4 Å². The molecule has 1 aliphatic rings. The zero-order valence-corrected chi connectivity index (χ0v) is 16.0. The normalized spacial score (nSPS) is 13.6. The number of nitrogens with one attached hydrogen (secondary N) is 2. The van der Waals surface area contributed by atoms with Crippen molar-refractivity contribution in [3.63, 3.8) is 0 Å². The van der Waals surface area contributed by atoms with Crippen molar-refractivity contribution in [2.24, 2.45) is 0 Å². The van der Waals surface area contributed by atoms with E-state index in [4.69, 9.17) is 0 Å². The van der Waals surface area contributed by atoms with Crippen molar-refractivity contribution in [2.75, 3.05) is 13.1 Å². The Balaban J connectivity index is 1.42. The van der Waals surface area contributed by atoms with Gasteiger partial charge >= 0.3 is 0 Å². The monoisotopic (exact) mass is 365 g/mol. The molecule has 0 radical (unpaired) electrons. The summed E-state index contributed by atoms with van der Waals surface area (Å²) in [6.45, 7) is 6.63. The summed E-state index contributed by atoms with van der Waals surface area (Å²) in [5.41, 5.74) is 6.11. The van der Waals surface area contributed by atoms with Gasteiger partial charge in [-0.05, 0) is 67.6 Å². The van der Waals surface area contributed by atoms with Gasteiger partial charge in [-0.25, -0.2) is 4.98 Å². The predicted molar refractivity (Wildman–Crippen MR) is 107 cm³/mol. The molecule has 1 aliphatic heterocycles. The van der Waals surface area contributed by atoms with Gasteiger partial charge in [-0.3, -0.25) is 4.79 Å². The second kappa shape index (κ2) is 7.17. The quantitative estimate of drug-likeness (QED) is 0.744. The molecule has 134 valence electrons. The van der Waals surface area contributed by atoms with E-state index in [1.807, 2.05) is 19.9 Å². The van der Waals surface area contributed by atoms with Crippen molar-refractivity contribution in [1.82, 2.24) is 15.6 Å². The fraction of sp³-hybridized carbons (Fsp3) is 0.333. The first-order valence-electron chi connectivity index (χ1n) is 9.08. The van der Waals surface area contributed by atoms with Gasteiger partial charge in [0.1, 0.15) is 4.83 Å². The highest BCUT2D eigenvalue weighted by Crippen LogP contribution is 2.29. The molecule has 0 spiro atoms. The van der Waals surface area contributed by atoms with Gasteiger partial charge in [0.05, 0.1) is 4.88 Å². The van der Waals surface area contributed by atoms with Crippen molar-refractivity contribution < 1.29 is 4.79 Å². The summed E-state index contributed by atoms with van der Waals surface area (Å²) >= 11 is 1.48. The Morgan fingerprint density at radius 2 is 2.12 bits per heavy atom. The van der Waals surface area contributed by atoms with Gasteiger partial charge in [-0.2, -0.15) is 0 Å². The number of carbonyl (C=O) groups excluding carboxylic acids is 1.